The van der Waals surface area contributed by atoms with E-state index >= 15 is 0 Å². The van der Waals surface area contributed by atoms with Crippen LogP contribution < -0.4 is 0 Å². The lowest BCUT2D eigenvalue weighted by Gasteiger charge is -2.35. The standard InChI is InChI=1S/C15H19N5O4S/c1-10-6-7-12(15(21)22)9-20(10)25(23,24)13-5-3-4-11(8-13)14-16-17-18-19(14)2/h3-5,8,10,12H,6-7,9H2,1-2H3,(H,21,22). The minimum absolute atomic E-state index is 0.0193. The molecule has 25 heavy (non-hydrogen) atoms. The highest BCUT2D eigenvalue weighted by Crippen LogP contribution is 2.29. The molecular weight excluding hydrogens is 346 g/mol. The molecule has 0 aliphatic carbocycles. The van der Waals surface area contributed by atoms with Crippen LogP contribution in [0.1, 0.15) is 19.8 Å². The maximum atomic E-state index is 13.0. The van der Waals surface area contributed by atoms with Crippen LogP contribution in [0, 0.1) is 5.92 Å². The summed E-state index contributed by atoms with van der Waals surface area (Å²) >= 11 is 0. The van der Waals surface area contributed by atoms with Gasteiger partial charge in [0.25, 0.3) is 0 Å². The number of piperidine rings is 1. The molecule has 9 nitrogen and oxygen atoms in total. The van der Waals surface area contributed by atoms with Crippen molar-refractivity contribution in [2.45, 2.75) is 30.7 Å². The Morgan fingerprint density at radius 2 is 2.08 bits per heavy atom. The quantitative estimate of drug-likeness (QED) is 0.849. The number of carboxylic acids is 1. The normalized spacial score (nSPS) is 22.0. The molecule has 0 amide bonds. The van der Waals surface area contributed by atoms with E-state index in [1.54, 1.807) is 26.1 Å². The van der Waals surface area contributed by atoms with Crippen LogP contribution in [0.5, 0.6) is 0 Å². The molecule has 10 heteroatoms. The highest BCUT2D eigenvalue weighted by molar-refractivity contribution is 7.89. The summed E-state index contributed by atoms with van der Waals surface area (Å²) in [5.74, 6) is -1.20. The summed E-state index contributed by atoms with van der Waals surface area (Å²) in [7, 11) is -2.14. The molecule has 1 aliphatic rings. The molecule has 134 valence electrons. The third kappa shape index (κ3) is 3.27. The van der Waals surface area contributed by atoms with Gasteiger partial charge in [0, 0.05) is 25.2 Å². The molecule has 1 aromatic carbocycles. The predicted octanol–water partition coefficient (Wildman–Crippen LogP) is 0.751. The topological polar surface area (TPSA) is 118 Å². The molecule has 2 aromatic rings. The summed E-state index contributed by atoms with van der Waals surface area (Å²) in [6, 6.07) is 6.11. The minimum atomic E-state index is -3.81. The van der Waals surface area contributed by atoms with Gasteiger partial charge in [0.05, 0.1) is 10.8 Å². The Kier molecular flexibility index (Phi) is 4.56. The van der Waals surface area contributed by atoms with Gasteiger partial charge >= 0.3 is 5.97 Å². The Morgan fingerprint density at radius 1 is 1.32 bits per heavy atom. The zero-order chi connectivity index (χ0) is 18.2. The van der Waals surface area contributed by atoms with E-state index in [2.05, 4.69) is 15.5 Å². The van der Waals surface area contributed by atoms with Crippen molar-refractivity contribution >= 4 is 16.0 Å². The highest BCUT2D eigenvalue weighted by atomic mass is 32.2. The summed E-state index contributed by atoms with van der Waals surface area (Å²) in [5, 5.41) is 20.4. The Hall–Kier alpha value is -2.33. The predicted molar refractivity (Wildman–Crippen MR) is 87.9 cm³/mol. The SMILES string of the molecule is CC1CCC(C(=O)O)CN1S(=O)(=O)c1cccc(-c2nnnn2C)c1. The number of hydrogen-bond donors (Lipinski definition) is 1. The summed E-state index contributed by atoms with van der Waals surface area (Å²) < 4.78 is 28.8. The van der Waals surface area contributed by atoms with Crippen molar-refractivity contribution in [2.75, 3.05) is 6.54 Å². The smallest absolute Gasteiger partial charge is 0.307 e. The fraction of sp³-hybridized carbons (Fsp3) is 0.467. The second-order valence-corrected chi connectivity index (χ2v) is 8.08. The van der Waals surface area contributed by atoms with Crippen molar-refractivity contribution in [1.82, 2.24) is 24.5 Å². The summed E-state index contributed by atoms with van der Waals surface area (Å²) in [6.45, 7) is 1.78. The number of aromatic nitrogens is 4. The Morgan fingerprint density at radius 3 is 2.72 bits per heavy atom. The van der Waals surface area contributed by atoms with Crippen LogP contribution in [0.2, 0.25) is 0 Å². The van der Waals surface area contributed by atoms with Crippen molar-refractivity contribution < 1.29 is 18.3 Å². The number of carbonyl (C=O) groups is 1. The van der Waals surface area contributed by atoms with Crippen molar-refractivity contribution in [3.63, 3.8) is 0 Å². The number of aliphatic carboxylic acids is 1. The van der Waals surface area contributed by atoms with E-state index in [1.165, 1.54) is 21.1 Å². The molecule has 3 rings (SSSR count). The van der Waals surface area contributed by atoms with Gasteiger partial charge < -0.3 is 5.11 Å². The highest BCUT2D eigenvalue weighted by Gasteiger charge is 2.37. The van der Waals surface area contributed by atoms with E-state index in [-0.39, 0.29) is 17.5 Å². The third-order valence-corrected chi connectivity index (χ3v) is 6.47. The average molecular weight is 365 g/mol. The van der Waals surface area contributed by atoms with Crippen LogP contribution in [-0.4, -0.2) is 56.6 Å². The third-order valence-electron chi connectivity index (χ3n) is 4.49. The Balaban J connectivity index is 1.97. The number of hydrogen-bond acceptors (Lipinski definition) is 6. The van der Waals surface area contributed by atoms with Gasteiger partial charge in [0.1, 0.15) is 0 Å². The van der Waals surface area contributed by atoms with E-state index in [4.69, 9.17) is 0 Å². The number of aryl methyl sites for hydroxylation is 1. The van der Waals surface area contributed by atoms with Crippen LogP contribution in [-0.2, 0) is 21.9 Å². The van der Waals surface area contributed by atoms with Crippen molar-refractivity contribution in [1.29, 1.82) is 0 Å². The van der Waals surface area contributed by atoms with Gasteiger partial charge in [-0.25, -0.2) is 13.1 Å². The zero-order valence-corrected chi connectivity index (χ0v) is 14.7. The van der Waals surface area contributed by atoms with Crippen molar-refractivity contribution in [2.24, 2.45) is 13.0 Å². The lowest BCUT2D eigenvalue weighted by molar-refractivity contribution is -0.143. The first-order valence-corrected chi connectivity index (χ1v) is 9.32. The molecular formula is C15H19N5O4S. The van der Waals surface area contributed by atoms with E-state index in [0.29, 0.717) is 24.2 Å². The van der Waals surface area contributed by atoms with E-state index in [0.717, 1.165) is 0 Å². The maximum absolute atomic E-state index is 13.0. The maximum Gasteiger partial charge on any atom is 0.307 e. The zero-order valence-electron chi connectivity index (χ0n) is 13.9. The monoisotopic (exact) mass is 365 g/mol. The van der Waals surface area contributed by atoms with Gasteiger partial charge in [-0.3, -0.25) is 4.79 Å². The number of benzene rings is 1. The molecule has 2 unspecified atom stereocenters. The second-order valence-electron chi connectivity index (χ2n) is 6.19. The molecule has 1 N–H and O–H groups in total. The average Bonchev–Trinajstić information content (AvgIpc) is 3.01. The number of tetrazole rings is 1. The number of rotatable bonds is 4. The molecule has 0 radical (unpaired) electrons. The summed E-state index contributed by atoms with van der Waals surface area (Å²) in [5.41, 5.74) is 0.577. The first-order chi connectivity index (χ1) is 11.8. The van der Waals surface area contributed by atoms with Gasteiger partial charge in [-0.15, -0.1) is 5.10 Å². The molecule has 0 spiro atoms. The molecule has 2 heterocycles. The lowest BCUT2D eigenvalue weighted by Crippen LogP contribution is -2.47. The van der Waals surface area contributed by atoms with Crippen LogP contribution in [0.15, 0.2) is 29.2 Å². The summed E-state index contributed by atoms with van der Waals surface area (Å²) in [4.78, 5) is 11.4. The Labute approximate surface area is 145 Å². The largest absolute Gasteiger partial charge is 0.481 e. The summed E-state index contributed by atoms with van der Waals surface area (Å²) in [6.07, 6.45) is 0.996. The molecule has 1 aliphatic heterocycles. The van der Waals surface area contributed by atoms with Gasteiger partial charge in [0.15, 0.2) is 5.82 Å². The van der Waals surface area contributed by atoms with Gasteiger partial charge in [-0.05, 0) is 42.3 Å². The van der Waals surface area contributed by atoms with Crippen LogP contribution in [0.25, 0.3) is 11.4 Å². The molecule has 0 saturated carbocycles. The molecule has 1 aromatic heterocycles. The number of sulfonamides is 1. The van der Waals surface area contributed by atoms with E-state index in [1.807, 2.05) is 0 Å². The van der Waals surface area contributed by atoms with Crippen LogP contribution >= 0.6 is 0 Å². The minimum Gasteiger partial charge on any atom is -0.481 e. The molecule has 0 bridgehead atoms. The Bertz CT molecular complexity index is 895. The fourth-order valence-electron chi connectivity index (χ4n) is 3.02. The second kappa shape index (κ2) is 6.52. The van der Waals surface area contributed by atoms with Gasteiger partial charge in [-0.1, -0.05) is 12.1 Å². The fourth-order valence-corrected chi connectivity index (χ4v) is 4.77. The lowest BCUT2D eigenvalue weighted by atomic mass is 9.96. The van der Waals surface area contributed by atoms with Gasteiger partial charge in [0.2, 0.25) is 10.0 Å². The molecule has 1 fully saturated rings. The van der Waals surface area contributed by atoms with Crippen molar-refractivity contribution in [3.8, 4) is 11.4 Å². The van der Waals surface area contributed by atoms with E-state index in [9.17, 15) is 18.3 Å². The van der Waals surface area contributed by atoms with Crippen LogP contribution in [0.3, 0.4) is 0 Å². The van der Waals surface area contributed by atoms with Crippen molar-refractivity contribution in [3.05, 3.63) is 24.3 Å². The number of nitrogens with zero attached hydrogens (tertiary/aromatic N) is 5. The van der Waals surface area contributed by atoms with Gasteiger partial charge in [-0.2, -0.15) is 4.31 Å². The molecule has 2 atom stereocenters. The first kappa shape index (κ1) is 17.5. The first-order valence-electron chi connectivity index (χ1n) is 7.88. The van der Waals surface area contributed by atoms with E-state index < -0.39 is 21.9 Å². The van der Waals surface area contributed by atoms with Crippen LogP contribution in [0.4, 0.5) is 0 Å². The molecule has 1 saturated heterocycles. The number of carboxylic acid groups (broad SMARTS) is 1.